The molecule has 0 unspecified atom stereocenters. The van der Waals surface area contributed by atoms with Gasteiger partial charge in [-0.1, -0.05) is 53.5 Å². The highest BCUT2D eigenvalue weighted by molar-refractivity contribution is 7.91. The molecule has 36 heavy (non-hydrogen) atoms. The maximum Gasteiger partial charge on any atom is 0.573 e. The summed E-state index contributed by atoms with van der Waals surface area (Å²) in [6.07, 6.45) is -3.08. The highest BCUT2D eigenvalue weighted by atomic mass is 35.5. The number of alkyl halides is 3. The van der Waals surface area contributed by atoms with Crippen LogP contribution in [0.25, 0.3) is 11.1 Å². The van der Waals surface area contributed by atoms with Gasteiger partial charge in [-0.25, -0.2) is 8.42 Å². The number of para-hydroxylation sites is 1. The second kappa shape index (κ2) is 10.3. The number of ether oxygens (including phenoxy) is 1. The van der Waals surface area contributed by atoms with Gasteiger partial charge in [0.05, 0.1) is 27.1 Å². The molecule has 1 N–H and O–H groups in total. The molecular weight excluding hydrogens is 538 g/mol. The normalized spacial score (nSPS) is 13.9. The van der Waals surface area contributed by atoms with Gasteiger partial charge in [0, 0.05) is 16.8 Å². The van der Waals surface area contributed by atoms with Gasteiger partial charge < -0.3 is 10.1 Å². The Morgan fingerprint density at radius 1 is 1.00 bits per heavy atom. The largest absolute Gasteiger partial charge is 0.573 e. The van der Waals surface area contributed by atoms with Crippen LogP contribution in [0.1, 0.15) is 18.4 Å². The van der Waals surface area contributed by atoms with Crippen molar-refractivity contribution in [1.29, 1.82) is 0 Å². The van der Waals surface area contributed by atoms with Crippen LogP contribution in [0.3, 0.4) is 0 Å². The lowest BCUT2D eigenvalue weighted by atomic mass is 10.0. The van der Waals surface area contributed by atoms with Crippen LogP contribution in [-0.2, 0) is 21.1 Å². The van der Waals surface area contributed by atoms with Crippen LogP contribution >= 0.6 is 23.2 Å². The molecule has 11 heteroatoms. The van der Waals surface area contributed by atoms with E-state index in [-0.39, 0.29) is 49.8 Å². The van der Waals surface area contributed by atoms with Gasteiger partial charge in [-0.05, 0) is 54.7 Å². The molecule has 4 rings (SSSR count). The minimum absolute atomic E-state index is 0.0150. The molecule has 190 valence electrons. The van der Waals surface area contributed by atoms with Crippen LogP contribution in [0, 0.1) is 5.92 Å². The third kappa shape index (κ3) is 6.72. The van der Waals surface area contributed by atoms with E-state index in [2.05, 4.69) is 10.1 Å². The molecule has 0 aliphatic heterocycles. The Morgan fingerprint density at radius 2 is 1.61 bits per heavy atom. The third-order valence-electron chi connectivity index (χ3n) is 5.51. The van der Waals surface area contributed by atoms with E-state index in [0.29, 0.717) is 5.56 Å². The van der Waals surface area contributed by atoms with E-state index in [4.69, 9.17) is 23.2 Å². The molecule has 0 aromatic heterocycles. The summed E-state index contributed by atoms with van der Waals surface area (Å²) in [6.45, 7) is 0. The lowest BCUT2D eigenvalue weighted by Gasteiger charge is -2.16. The monoisotopic (exact) mass is 557 g/mol. The molecule has 1 fully saturated rings. The van der Waals surface area contributed by atoms with E-state index >= 15 is 0 Å². The molecule has 1 aliphatic carbocycles. The van der Waals surface area contributed by atoms with E-state index in [9.17, 15) is 26.4 Å². The van der Waals surface area contributed by atoms with E-state index in [1.807, 2.05) is 0 Å². The van der Waals surface area contributed by atoms with Crippen molar-refractivity contribution in [2.45, 2.75) is 30.5 Å². The molecular formula is C25H20Cl2F3NO4S. The number of carbonyl (C=O) groups is 1. The van der Waals surface area contributed by atoms with Gasteiger partial charge in [0.1, 0.15) is 5.75 Å². The first-order valence-electron chi connectivity index (χ1n) is 10.9. The van der Waals surface area contributed by atoms with Crippen molar-refractivity contribution in [1.82, 2.24) is 0 Å². The fourth-order valence-electron chi connectivity index (χ4n) is 3.69. The van der Waals surface area contributed by atoms with E-state index < -0.39 is 27.9 Å². The Morgan fingerprint density at radius 3 is 2.19 bits per heavy atom. The number of halogens is 5. The standard InChI is InChI=1S/C25H20Cl2F3NO4S/c26-20-12-17(13-21(27)24(20)19-3-1-2-4-22(19)35-25(28,29)30)31-23(32)11-15-7-9-18(10-8-15)36(33,34)14-16-5-6-16/h1-4,7-10,12-13,16H,5-6,11,14H2,(H,31,32). The lowest BCUT2D eigenvalue weighted by molar-refractivity contribution is -0.274. The number of sulfone groups is 1. The van der Waals surface area contributed by atoms with Crippen molar-refractivity contribution in [3.05, 3.63) is 76.3 Å². The number of amides is 1. The lowest BCUT2D eigenvalue weighted by Crippen LogP contribution is -2.17. The molecule has 0 saturated heterocycles. The van der Waals surface area contributed by atoms with Crippen molar-refractivity contribution >= 4 is 44.6 Å². The minimum Gasteiger partial charge on any atom is -0.405 e. The second-order valence-corrected chi connectivity index (χ2v) is 11.3. The average molecular weight is 558 g/mol. The van der Waals surface area contributed by atoms with Crippen LogP contribution in [0.5, 0.6) is 5.75 Å². The van der Waals surface area contributed by atoms with Crippen LogP contribution in [-0.4, -0.2) is 26.4 Å². The van der Waals surface area contributed by atoms with Gasteiger partial charge in [-0.3, -0.25) is 4.79 Å². The Labute approximate surface area is 216 Å². The topological polar surface area (TPSA) is 72.5 Å². The molecule has 0 atom stereocenters. The summed E-state index contributed by atoms with van der Waals surface area (Å²) in [6, 6.07) is 14.3. The van der Waals surface area contributed by atoms with Crippen LogP contribution in [0.15, 0.2) is 65.6 Å². The highest BCUT2D eigenvalue weighted by Gasteiger charge is 2.33. The summed E-state index contributed by atoms with van der Waals surface area (Å²) in [4.78, 5) is 12.8. The van der Waals surface area contributed by atoms with Crippen LogP contribution < -0.4 is 10.1 Å². The van der Waals surface area contributed by atoms with Crippen molar-refractivity contribution in [3.63, 3.8) is 0 Å². The molecule has 5 nitrogen and oxygen atoms in total. The predicted octanol–water partition coefficient (Wildman–Crippen LogP) is 6.92. The molecule has 0 heterocycles. The van der Waals surface area contributed by atoms with Crippen molar-refractivity contribution < 1.29 is 31.1 Å². The van der Waals surface area contributed by atoms with Crippen molar-refractivity contribution in [2.75, 3.05) is 11.1 Å². The number of nitrogens with one attached hydrogen (secondary N) is 1. The van der Waals surface area contributed by atoms with Gasteiger partial charge in [-0.15, -0.1) is 13.2 Å². The molecule has 0 spiro atoms. The number of hydrogen-bond acceptors (Lipinski definition) is 4. The molecule has 0 bridgehead atoms. The summed E-state index contributed by atoms with van der Waals surface area (Å²) in [7, 11) is -3.34. The Hall–Kier alpha value is -2.75. The maximum absolute atomic E-state index is 12.8. The molecule has 3 aromatic rings. The Kier molecular flexibility index (Phi) is 7.54. The van der Waals surface area contributed by atoms with Gasteiger partial charge in [-0.2, -0.15) is 0 Å². The summed E-state index contributed by atoms with van der Waals surface area (Å²) in [5.41, 5.74) is 1.01. The fraction of sp³-hybridized carbons (Fsp3) is 0.240. The highest BCUT2D eigenvalue weighted by Crippen LogP contribution is 2.42. The summed E-state index contributed by atoms with van der Waals surface area (Å²) in [5, 5.41) is 2.68. The molecule has 3 aromatic carbocycles. The molecule has 0 radical (unpaired) electrons. The first-order valence-corrected chi connectivity index (χ1v) is 13.3. The van der Waals surface area contributed by atoms with Crippen molar-refractivity contribution in [3.8, 4) is 16.9 Å². The van der Waals surface area contributed by atoms with E-state index in [0.717, 1.165) is 18.9 Å². The zero-order valence-corrected chi connectivity index (χ0v) is 20.9. The minimum atomic E-state index is -4.90. The summed E-state index contributed by atoms with van der Waals surface area (Å²) >= 11 is 12.7. The first kappa shape index (κ1) is 26.3. The van der Waals surface area contributed by atoms with Crippen LogP contribution in [0.2, 0.25) is 10.0 Å². The van der Waals surface area contributed by atoms with Gasteiger partial charge in [0.2, 0.25) is 5.91 Å². The zero-order valence-electron chi connectivity index (χ0n) is 18.6. The first-order chi connectivity index (χ1) is 16.9. The number of rotatable bonds is 8. The average Bonchev–Trinajstić information content (AvgIpc) is 3.57. The molecule has 1 amide bonds. The fourth-order valence-corrected chi connectivity index (χ4v) is 6.07. The van der Waals surface area contributed by atoms with Crippen LogP contribution in [0.4, 0.5) is 18.9 Å². The quantitative estimate of drug-likeness (QED) is 0.326. The van der Waals surface area contributed by atoms with Gasteiger partial charge >= 0.3 is 6.36 Å². The number of carbonyl (C=O) groups excluding carboxylic acids is 1. The molecule has 1 saturated carbocycles. The summed E-state index contributed by atoms with van der Waals surface area (Å²) in [5.74, 6) is -0.509. The summed E-state index contributed by atoms with van der Waals surface area (Å²) < 4.78 is 67.2. The zero-order chi connectivity index (χ0) is 26.1. The number of hydrogen-bond donors (Lipinski definition) is 1. The maximum atomic E-state index is 12.8. The number of anilines is 1. The Balaban J connectivity index is 1.47. The van der Waals surface area contributed by atoms with Gasteiger partial charge in [0.15, 0.2) is 9.84 Å². The van der Waals surface area contributed by atoms with Crippen molar-refractivity contribution in [2.24, 2.45) is 5.92 Å². The smallest absolute Gasteiger partial charge is 0.405 e. The predicted molar refractivity (Wildman–Crippen MR) is 132 cm³/mol. The van der Waals surface area contributed by atoms with E-state index in [1.165, 1.54) is 42.5 Å². The Bertz CT molecular complexity index is 1370. The number of benzene rings is 3. The van der Waals surface area contributed by atoms with Gasteiger partial charge in [0.25, 0.3) is 0 Å². The third-order valence-corrected chi connectivity index (χ3v) is 8.00. The molecule has 1 aliphatic rings. The SMILES string of the molecule is O=C(Cc1ccc(S(=O)(=O)CC2CC2)cc1)Nc1cc(Cl)c(-c2ccccc2OC(F)(F)F)c(Cl)c1. The van der Waals surface area contributed by atoms with E-state index in [1.54, 1.807) is 12.1 Å². The second-order valence-electron chi connectivity index (χ2n) is 8.45.